The molecule has 0 aliphatic heterocycles. The van der Waals surface area contributed by atoms with Gasteiger partial charge in [0.15, 0.2) is 16.0 Å². The normalized spacial score (nSPS) is 11.9. The number of fused-ring (bicyclic) bond motifs is 2. The van der Waals surface area contributed by atoms with E-state index in [1.54, 1.807) is 28.8 Å². The Bertz CT molecular complexity index is 1410. The highest BCUT2D eigenvalue weighted by molar-refractivity contribution is 7.16. The molecular formula is C22H18N2O5S. The number of amides is 1. The second kappa shape index (κ2) is 8.08. The number of rotatable bonds is 4. The summed E-state index contributed by atoms with van der Waals surface area (Å²) < 4.78 is 12.9. The molecule has 152 valence electrons. The molecule has 2 aromatic carbocycles. The number of ether oxygens (including phenoxy) is 1. The maximum absolute atomic E-state index is 12.8. The molecule has 8 heteroatoms. The topological polar surface area (TPSA) is 90.9 Å². The van der Waals surface area contributed by atoms with Crippen LogP contribution in [-0.4, -0.2) is 23.6 Å². The molecular weight excluding hydrogens is 404 g/mol. The zero-order valence-electron chi connectivity index (χ0n) is 16.4. The monoisotopic (exact) mass is 422 g/mol. The summed E-state index contributed by atoms with van der Waals surface area (Å²) in [5.41, 5.74) is 1.90. The van der Waals surface area contributed by atoms with Crippen LogP contribution in [0.4, 0.5) is 0 Å². The number of nitrogens with zero attached hydrogens (tertiary/aromatic N) is 2. The van der Waals surface area contributed by atoms with Crippen LogP contribution < -0.4 is 10.2 Å². The van der Waals surface area contributed by atoms with Gasteiger partial charge in [-0.05, 0) is 36.2 Å². The van der Waals surface area contributed by atoms with E-state index in [0.717, 1.165) is 28.3 Å². The van der Waals surface area contributed by atoms with Crippen molar-refractivity contribution in [3.63, 3.8) is 0 Å². The molecule has 0 radical (unpaired) electrons. The highest BCUT2D eigenvalue weighted by Crippen LogP contribution is 2.20. The van der Waals surface area contributed by atoms with Crippen LogP contribution in [-0.2, 0) is 22.5 Å². The first-order valence-electron chi connectivity index (χ1n) is 9.31. The highest BCUT2D eigenvalue weighted by atomic mass is 32.1. The standard InChI is InChI=1S/C22H18N2O5S/c1-3-13-8-9-15-19(10-13)30-22(24(15)12-20(26)28-2)23-21(27)18-11-16(25)14-6-4-5-7-17(14)29-18/h4-11H,3,12H2,1-2H3. The molecule has 0 N–H and O–H groups in total. The lowest BCUT2D eigenvalue weighted by Gasteiger charge is -2.04. The molecule has 0 aliphatic rings. The van der Waals surface area contributed by atoms with Gasteiger partial charge in [-0.15, -0.1) is 0 Å². The van der Waals surface area contributed by atoms with Crippen molar-refractivity contribution in [3.8, 4) is 0 Å². The van der Waals surface area contributed by atoms with Crippen LogP contribution in [0.3, 0.4) is 0 Å². The average molecular weight is 422 g/mol. The van der Waals surface area contributed by atoms with E-state index in [2.05, 4.69) is 4.99 Å². The molecule has 0 saturated carbocycles. The highest BCUT2D eigenvalue weighted by Gasteiger charge is 2.15. The maximum atomic E-state index is 12.8. The third-order valence-electron chi connectivity index (χ3n) is 4.71. The van der Waals surface area contributed by atoms with Crippen molar-refractivity contribution in [2.45, 2.75) is 19.9 Å². The summed E-state index contributed by atoms with van der Waals surface area (Å²) in [6, 6.07) is 13.7. The van der Waals surface area contributed by atoms with Gasteiger partial charge in [0, 0.05) is 6.07 Å². The number of methoxy groups -OCH3 is 1. The average Bonchev–Trinajstić information content (AvgIpc) is 3.09. The summed E-state index contributed by atoms with van der Waals surface area (Å²) in [6.07, 6.45) is 0.860. The first-order chi connectivity index (χ1) is 14.5. The van der Waals surface area contributed by atoms with E-state index < -0.39 is 11.9 Å². The third-order valence-corrected chi connectivity index (χ3v) is 5.75. The quantitative estimate of drug-likeness (QED) is 0.471. The summed E-state index contributed by atoms with van der Waals surface area (Å²) in [5.74, 6) is -1.31. The van der Waals surface area contributed by atoms with Crippen molar-refractivity contribution in [1.82, 2.24) is 4.57 Å². The van der Waals surface area contributed by atoms with Crippen LogP contribution in [0.5, 0.6) is 0 Å². The number of thiazole rings is 1. The predicted molar refractivity (Wildman–Crippen MR) is 114 cm³/mol. The summed E-state index contributed by atoms with van der Waals surface area (Å²) in [6.45, 7) is 1.96. The Morgan fingerprint density at radius 1 is 1.17 bits per heavy atom. The smallest absolute Gasteiger partial charge is 0.325 e. The zero-order chi connectivity index (χ0) is 21.3. The zero-order valence-corrected chi connectivity index (χ0v) is 17.2. The Hall–Kier alpha value is -3.52. The van der Waals surface area contributed by atoms with Crippen molar-refractivity contribution < 1.29 is 18.7 Å². The molecule has 30 heavy (non-hydrogen) atoms. The number of aromatic nitrogens is 1. The van der Waals surface area contributed by atoms with Crippen LogP contribution in [0, 0.1) is 0 Å². The first-order valence-corrected chi connectivity index (χ1v) is 10.1. The summed E-state index contributed by atoms with van der Waals surface area (Å²) in [7, 11) is 1.30. The van der Waals surface area contributed by atoms with Gasteiger partial charge in [0.05, 0.1) is 22.7 Å². The van der Waals surface area contributed by atoms with Crippen LogP contribution in [0.15, 0.2) is 62.7 Å². The number of benzene rings is 2. The van der Waals surface area contributed by atoms with Gasteiger partial charge in [-0.3, -0.25) is 14.4 Å². The van der Waals surface area contributed by atoms with Crippen molar-refractivity contribution in [3.05, 3.63) is 74.9 Å². The molecule has 0 bridgehead atoms. The van der Waals surface area contributed by atoms with Crippen LogP contribution in [0.2, 0.25) is 0 Å². The molecule has 2 heterocycles. The largest absolute Gasteiger partial charge is 0.468 e. The second-order valence-electron chi connectivity index (χ2n) is 6.59. The number of esters is 1. The summed E-state index contributed by atoms with van der Waals surface area (Å²) in [4.78, 5) is 41.5. The van der Waals surface area contributed by atoms with E-state index in [1.807, 2.05) is 25.1 Å². The predicted octanol–water partition coefficient (Wildman–Crippen LogP) is 3.29. The van der Waals surface area contributed by atoms with Gasteiger partial charge in [-0.1, -0.05) is 36.5 Å². The Labute approximate surface area is 174 Å². The molecule has 0 saturated heterocycles. The first kappa shape index (κ1) is 19.8. The summed E-state index contributed by atoms with van der Waals surface area (Å²) >= 11 is 1.28. The minimum Gasteiger partial charge on any atom is -0.468 e. The molecule has 0 aliphatic carbocycles. The van der Waals surface area contributed by atoms with E-state index in [1.165, 1.54) is 18.4 Å². The van der Waals surface area contributed by atoms with E-state index in [-0.39, 0.29) is 17.7 Å². The van der Waals surface area contributed by atoms with Crippen molar-refractivity contribution in [2.24, 2.45) is 4.99 Å². The fraction of sp³-hybridized carbons (Fsp3) is 0.182. The van der Waals surface area contributed by atoms with Gasteiger partial charge in [0.2, 0.25) is 0 Å². The number of carbonyl (C=O) groups excluding carboxylic acids is 2. The van der Waals surface area contributed by atoms with Crippen molar-refractivity contribution in [2.75, 3.05) is 7.11 Å². The number of para-hydroxylation sites is 1. The van der Waals surface area contributed by atoms with Crippen molar-refractivity contribution >= 4 is 44.4 Å². The molecule has 4 aromatic rings. The SMILES string of the molecule is CCc1ccc2c(c1)sc(=NC(=O)c1cc(=O)c3ccccc3o1)n2CC(=O)OC. The molecule has 0 fully saturated rings. The molecule has 1 amide bonds. The molecule has 2 aromatic heterocycles. The van der Waals surface area contributed by atoms with Crippen LogP contribution in [0.1, 0.15) is 23.0 Å². The second-order valence-corrected chi connectivity index (χ2v) is 7.60. The van der Waals surface area contributed by atoms with Crippen LogP contribution in [0.25, 0.3) is 21.2 Å². The third kappa shape index (κ3) is 3.69. The van der Waals surface area contributed by atoms with Crippen LogP contribution >= 0.6 is 11.3 Å². The summed E-state index contributed by atoms with van der Waals surface area (Å²) in [5, 5.41) is 0.392. The minimum absolute atomic E-state index is 0.0875. The Morgan fingerprint density at radius 3 is 2.73 bits per heavy atom. The van der Waals surface area contributed by atoms with Gasteiger partial charge in [0.1, 0.15) is 12.1 Å². The maximum Gasteiger partial charge on any atom is 0.325 e. The fourth-order valence-corrected chi connectivity index (χ4v) is 4.21. The fourth-order valence-electron chi connectivity index (χ4n) is 3.12. The lowest BCUT2D eigenvalue weighted by atomic mass is 10.2. The van der Waals surface area contributed by atoms with E-state index >= 15 is 0 Å². The molecule has 0 atom stereocenters. The number of hydrogen-bond donors (Lipinski definition) is 0. The lowest BCUT2D eigenvalue weighted by Crippen LogP contribution is -2.22. The van der Waals surface area contributed by atoms with Gasteiger partial charge in [-0.2, -0.15) is 4.99 Å². The molecule has 0 unspecified atom stereocenters. The van der Waals surface area contributed by atoms with Gasteiger partial charge >= 0.3 is 11.9 Å². The Morgan fingerprint density at radius 2 is 1.97 bits per heavy atom. The molecule has 4 rings (SSSR count). The van der Waals surface area contributed by atoms with Crippen molar-refractivity contribution in [1.29, 1.82) is 0 Å². The van der Waals surface area contributed by atoms with E-state index in [4.69, 9.17) is 9.15 Å². The number of carbonyl (C=O) groups is 2. The Balaban J connectivity index is 1.86. The molecule has 7 nitrogen and oxygen atoms in total. The minimum atomic E-state index is -0.696. The number of aryl methyl sites for hydroxylation is 1. The Kier molecular flexibility index (Phi) is 5.33. The molecule has 0 spiro atoms. The van der Waals surface area contributed by atoms with Gasteiger partial charge in [0.25, 0.3) is 0 Å². The van der Waals surface area contributed by atoms with E-state index in [0.29, 0.717) is 15.8 Å². The van der Waals surface area contributed by atoms with Gasteiger partial charge in [-0.25, -0.2) is 0 Å². The van der Waals surface area contributed by atoms with Gasteiger partial charge < -0.3 is 13.7 Å². The van der Waals surface area contributed by atoms with E-state index in [9.17, 15) is 14.4 Å². The lowest BCUT2D eigenvalue weighted by molar-refractivity contribution is -0.141. The number of hydrogen-bond acceptors (Lipinski definition) is 6.